The van der Waals surface area contributed by atoms with Crippen LogP contribution in [0.15, 0.2) is 12.1 Å². The fraction of sp³-hybridized carbons (Fsp3) is 0.741. The third-order valence-electron chi connectivity index (χ3n) is 5.65. The third kappa shape index (κ3) is 8.70. The van der Waals surface area contributed by atoms with Crippen molar-refractivity contribution >= 4 is 5.97 Å². The van der Waals surface area contributed by atoms with Crippen molar-refractivity contribution in [1.82, 2.24) is 0 Å². The molecule has 0 aliphatic rings. The van der Waals surface area contributed by atoms with E-state index in [9.17, 15) is 9.90 Å². The normalized spacial score (nSPS) is 13.5. The van der Waals surface area contributed by atoms with Crippen LogP contribution in [-0.2, 0) is 26.8 Å². The SMILES string of the molecule is CC(C)CCCCCCOC(=O)C(C)Cc1cc(C(C)(C)C)c(O)c(C(C)(C)C)c1. The largest absolute Gasteiger partial charge is 0.507 e. The van der Waals surface area contributed by atoms with Gasteiger partial charge in [0.05, 0.1) is 12.5 Å². The summed E-state index contributed by atoms with van der Waals surface area (Å²) < 4.78 is 5.53. The van der Waals surface area contributed by atoms with Crippen molar-refractivity contribution in [3.05, 3.63) is 28.8 Å². The predicted molar refractivity (Wildman–Crippen MR) is 127 cm³/mol. The lowest BCUT2D eigenvalue weighted by atomic mass is 9.77. The Bertz CT molecular complexity index is 639. The van der Waals surface area contributed by atoms with E-state index in [0.29, 0.717) is 18.8 Å². The van der Waals surface area contributed by atoms with E-state index in [1.807, 2.05) is 6.92 Å². The second-order valence-corrected chi connectivity index (χ2v) is 11.4. The first-order valence-corrected chi connectivity index (χ1v) is 11.8. The van der Waals surface area contributed by atoms with Crippen molar-refractivity contribution in [3.63, 3.8) is 0 Å². The quantitative estimate of drug-likeness (QED) is 0.320. The predicted octanol–water partition coefficient (Wildman–Crippen LogP) is 7.32. The van der Waals surface area contributed by atoms with E-state index < -0.39 is 0 Å². The maximum absolute atomic E-state index is 12.5. The van der Waals surface area contributed by atoms with E-state index in [-0.39, 0.29) is 22.7 Å². The smallest absolute Gasteiger partial charge is 0.308 e. The van der Waals surface area contributed by atoms with Gasteiger partial charge in [0.15, 0.2) is 0 Å². The minimum atomic E-state index is -0.198. The van der Waals surface area contributed by atoms with Gasteiger partial charge in [-0.1, -0.05) is 100 Å². The lowest BCUT2D eigenvalue weighted by Crippen LogP contribution is -2.20. The van der Waals surface area contributed by atoms with Crippen LogP contribution in [0.1, 0.15) is 111 Å². The number of benzene rings is 1. The number of ether oxygens (including phenoxy) is 1. The highest BCUT2D eigenvalue weighted by Gasteiger charge is 2.27. The van der Waals surface area contributed by atoms with E-state index in [2.05, 4.69) is 67.5 Å². The Morgan fingerprint density at radius 2 is 1.40 bits per heavy atom. The van der Waals surface area contributed by atoms with E-state index >= 15 is 0 Å². The van der Waals surface area contributed by atoms with E-state index in [1.54, 1.807) is 0 Å². The molecule has 1 aromatic carbocycles. The van der Waals surface area contributed by atoms with Crippen LogP contribution in [0.2, 0.25) is 0 Å². The first-order valence-electron chi connectivity index (χ1n) is 11.8. The molecule has 0 spiro atoms. The Labute approximate surface area is 185 Å². The van der Waals surface area contributed by atoms with Gasteiger partial charge in [-0.05, 0) is 46.3 Å². The molecule has 0 fully saturated rings. The molecule has 0 radical (unpaired) electrons. The van der Waals surface area contributed by atoms with Gasteiger partial charge in [-0.25, -0.2) is 0 Å². The van der Waals surface area contributed by atoms with Gasteiger partial charge in [0.1, 0.15) is 5.75 Å². The zero-order valence-electron chi connectivity index (χ0n) is 21.0. The van der Waals surface area contributed by atoms with Crippen LogP contribution in [0.4, 0.5) is 0 Å². The summed E-state index contributed by atoms with van der Waals surface area (Å²) in [5.74, 6) is 0.823. The van der Waals surface area contributed by atoms with Gasteiger partial charge in [-0.2, -0.15) is 0 Å². The molecule has 1 atom stereocenters. The van der Waals surface area contributed by atoms with Gasteiger partial charge in [0.2, 0.25) is 0 Å². The number of rotatable bonds is 10. The Hall–Kier alpha value is -1.51. The third-order valence-corrected chi connectivity index (χ3v) is 5.65. The minimum absolute atomic E-state index is 0.125. The van der Waals surface area contributed by atoms with Crippen molar-refractivity contribution in [2.45, 2.75) is 112 Å². The summed E-state index contributed by atoms with van der Waals surface area (Å²) in [5.41, 5.74) is 2.62. The second kappa shape index (κ2) is 11.2. The highest BCUT2D eigenvalue weighted by Crippen LogP contribution is 2.40. The van der Waals surface area contributed by atoms with Crippen LogP contribution in [0, 0.1) is 11.8 Å². The van der Waals surface area contributed by atoms with Crippen molar-refractivity contribution in [3.8, 4) is 5.75 Å². The summed E-state index contributed by atoms with van der Waals surface area (Å²) in [6.45, 7) is 19.6. The molecule has 0 saturated carbocycles. The molecule has 3 nitrogen and oxygen atoms in total. The molecule has 0 amide bonds. The Kier molecular flexibility index (Phi) is 9.91. The molecule has 1 aromatic rings. The molecule has 30 heavy (non-hydrogen) atoms. The fourth-order valence-corrected chi connectivity index (χ4v) is 3.72. The molecule has 1 rings (SSSR count). The molecule has 1 unspecified atom stereocenters. The molecule has 172 valence electrons. The van der Waals surface area contributed by atoms with Gasteiger partial charge in [-0.15, -0.1) is 0 Å². The highest BCUT2D eigenvalue weighted by molar-refractivity contribution is 5.72. The summed E-state index contributed by atoms with van der Waals surface area (Å²) in [5, 5.41) is 10.9. The van der Waals surface area contributed by atoms with Gasteiger partial charge in [0, 0.05) is 0 Å². The first kappa shape index (κ1) is 26.5. The molecule has 0 heterocycles. The van der Waals surface area contributed by atoms with Gasteiger partial charge >= 0.3 is 5.97 Å². The van der Waals surface area contributed by atoms with Crippen LogP contribution in [0.3, 0.4) is 0 Å². The van der Waals surface area contributed by atoms with Crippen molar-refractivity contribution in [2.75, 3.05) is 6.61 Å². The van der Waals surface area contributed by atoms with Crippen molar-refractivity contribution < 1.29 is 14.6 Å². The fourth-order valence-electron chi connectivity index (χ4n) is 3.72. The van der Waals surface area contributed by atoms with Gasteiger partial charge < -0.3 is 9.84 Å². The molecular weight excluding hydrogens is 372 g/mol. The van der Waals surface area contributed by atoms with Crippen molar-refractivity contribution in [1.29, 1.82) is 0 Å². The molecule has 0 aliphatic carbocycles. The summed E-state index contributed by atoms with van der Waals surface area (Å²) in [7, 11) is 0. The van der Waals surface area contributed by atoms with Crippen LogP contribution >= 0.6 is 0 Å². The highest BCUT2D eigenvalue weighted by atomic mass is 16.5. The van der Waals surface area contributed by atoms with E-state index in [4.69, 9.17) is 4.74 Å². The molecule has 3 heteroatoms. The van der Waals surface area contributed by atoms with E-state index in [0.717, 1.165) is 35.4 Å². The summed E-state index contributed by atoms with van der Waals surface area (Å²) in [4.78, 5) is 12.5. The summed E-state index contributed by atoms with van der Waals surface area (Å²) in [6.07, 6.45) is 6.43. The van der Waals surface area contributed by atoms with Crippen LogP contribution in [0.25, 0.3) is 0 Å². The molecule has 0 aromatic heterocycles. The topological polar surface area (TPSA) is 46.5 Å². The van der Waals surface area contributed by atoms with Crippen LogP contribution < -0.4 is 0 Å². The zero-order chi connectivity index (χ0) is 23.1. The lowest BCUT2D eigenvalue weighted by molar-refractivity contribution is -0.148. The number of hydrogen-bond acceptors (Lipinski definition) is 3. The lowest BCUT2D eigenvalue weighted by Gasteiger charge is -2.28. The van der Waals surface area contributed by atoms with Crippen LogP contribution in [-0.4, -0.2) is 17.7 Å². The number of aromatic hydroxyl groups is 1. The average Bonchev–Trinajstić information content (AvgIpc) is 2.59. The Balaban J connectivity index is 2.72. The van der Waals surface area contributed by atoms with Crippen LogP contribution in [0.5, 0.6) is 5.75 Å². The number of unbranched alkanes of at least 4 members (excludes halogenated alkanes) is 3. The van der Waals surface area contributed by atoms with Gasteiger partial charge in [-0.3, -0.25) is 4.79 Å². The standard InChI is InChI=1S/C27H46O3/c1-19(2)14-12-10-11-13-15-30-25(29)20(3)16-21-17-22(26(4,5)6)24(28)23(18-21)27(7,8)9/h17-20,28H,10-16H2,1-9H3. The number of carbonyl (C=O) groups is 1. The second-order valence-electron chi connectivity index (χ2n) is 11.4. The number of carbonyl (C=O) groups excluding carboxylic acids is 1. The molecule has 0 aliphatic heterocycles. The summed E-state index contributed by atoms with van der Waals surface area (Å²) in [6, 6.07) is 4.12. The average molecular weight is 419 g/mol. The van der Waals surface area contributed by atoms with E-state index in [1.165, 1.54) is 19.3 Å². The number of phenols is 1. The number of esters is 1. The maximum Gasteiger partial charge on any atom is 0.308 e. The Morgan fingerprint density at radius 3 is 1.87 bits per heavy atom. The van der Waals surface area contributed by atoms with Crippen molar-refractivity contribution in [2.24, 2.45) is 11.8 Å². The minimum Gasteiger partial charge on any atom is -0.507 e. The van der Waals surface area contributed by atoms with Gasteiger partial charge in [0.25, 0.3) is 0 Å². The number of phenolic OH excluding ortho intramolecular Hbond substituents is 1. The molecule has 1 N–H and O–H groups in total. The number of hydrogen-bond donors (Lipinski definition) is 1. The molecule has 0 saturated heterocycles. The molecular formula is C27H46O3. The summed E-state index contributed by atoms with van der Waals surface area (Å²) >= 11 is 0. The Morgan fingerprint density at radius 1 is 0.900 bits per heavy atom. The maximum atomic E-state index is 12.5. The monoisotopic (exact) mass is 418 g/mol. The first-order chi connectivity index (χ1) is 13.7. The molecule has 0 bridgehead atoms. The zero-order valence-corrected chi connectivity index (χ0v) is 21.0.